The zero-order valence-electron chi connectivity index (χ0n) is 18.9. The molecular formula is C23H27N5OS3. The summed E-state index contributed by atoms with van der Waals surface area (Å²) in [4.78, 5) is 17.2. The van der Waals surface area contributed by atoms with Crippen LogP contribution >= 0.6 is 34.4 Å². The molecule has 0 saturated heterocycles. The highest BCUT2D eigenvalue weighted by molar-refractivity contribution is 8.01. The second-order valence-electron chi connectivity index (χ2n) is 9.29. The molecule has 9 heteroatoms. The third kappa shape index (κ3) is 4.12. The van der Waals surface area contributed by atoms with Crippen LogP contribution in [-0.2, 0) is 10.2 Å². The zero-order chi connectivity index (χ0) is 23.2. The van der Waals surface area contributed by atoms with Crippen molar-refractivity contribution in [3.05, 3.63) is 44.6 Å². The number of thiophene rings is 1. The van der Waals surface area contributed by atoms with Gasteiger partial charge in [0.15, 0.2) is 10.1 Å². The smallest absolute Gasteiger partial charge is 0.219 e. The lowest BCUT2D eigenvalue weighted by molar-refractivity contribution is -0.116. The molecule has 2 aromatic rings. The second-order valence-corrected chi connectivity index (χ2v) is 13.2. The Morgan fingerprint density at radius 1 is 1.25 bits per heavy atom. The van der Waals surface area contributed by atoms with Crippen LogP contribution in [-0.4, -0.2) is 21.2 Å². The summed E-state index contributed by atoms with van der Waals surface area (Å²) in [6, 6.07) is 6.48. The number of carbonyl (C=O) groups excluding carboxylic acids is 1. The number of allylic oxidation sites excluding steroid dienone is 3. The van der Waals surface area contributed by atoms with Crippen LogP contribution < -0.4 is 10.6 Å². The molecule has 168 valence electrons. The van der Waals surface area contributed by atoms with Crippen LogP contribution in [0.5, 0.6) is 0 Å². The molecule has 3 heterocycles. The third-order valence-corrected chi connectivity index (χ3v) is 9.06. The van der Waals surface area contributed by atoms with E-state index in [1.165, 1.54) is 16.2 Å². The van der Waals surface area contributed by atoms with Gasteiger partial charge >= 0.3 is 0 Å². The topological polar surface area (TPSA) is 95.9 Å². The van der Waals surface area contributed by atoms with Crippen molar-refractivity contribution in [3.8, 4) is 6.07 Å². The van der Waals surface area contributed by atoms with Crippen LogP contribution in [0.4, 0.5) is 5.13 Å². The molecule has 0 bridgehead atoms. The predicted octanol–water partition coefficient (Wildman–Crippen LogP) is 5.70. The lowest BCUT2D eigenvalue weighted by Crippen LogP contribution is -2.38. The van der Waals surface area contributed by atoms with Crippen LogP contribution in [0.15, 0.2) is 39.1 Å². The minimum atomic E-state index is -0.419. The van der Waals surface area contributed by atoms with E-state index in [1.54, 1.807) is 23.1 Å². The number of hydrogen-bond acceptors (Lipinski definition) is 9. The summed E-state index contributed by atoms with van der Waals surface area (Å²) >= 11 is 4.74. The van der Waals surface area contributed by atoms with Crippen LogP contribution in [0, 0.1) is 11.3 Å². The standard InChI is InChI=1S/C23H27N5OS3/c1-12(2)30-22-27-26-21(32-22)28-14-7-6-8-15(29)19(14)18(13(11-24)20(28)25)16-9-10-17(31-16)23(3,4)5/h9-10,12,18H,6-8,25H2,1-5H3/t18-/m1/s1. The molecule has 4 rings (SSSR count). The largest absolute Gasteiger partial charge is 0.384 e. The molecule has 0 spiro atoms. The van der Waals surface area contributed by atoms with Crippen molar-refractivity contribution in [1.82, 2.24) is 10.2 Å². The number of anilines is 1. The average molecular weight is 486 g/mol. The monoisotopic (exact) mass is 485 g/mol. The maximum Gasteiger partial charge on any atom is 0.219 e. The van der Waals surface area contributed by atoms with Crippen LogP contribution in [0.2, 0.25) is 0 Å². The number of aromatic nitrogens is 2. The fourth-order valence-corrected chi connectivity index (χ4v) is 7.33. The summed E-state index contributed by atoms with van der Waals surface area (Å²) in [5, 5.41) is 19.8. The number of nitriles is 1. The lowest BCUT2D eigenvalue weighted by Gasteiger charge is -2.37. The Hall–Kier alpha value is -2.15. The van der Waals surface area contributed by atoms with Gasteiger partial charge in [-0.25, -0.2) is 0 Å². The van der Waals surface area contributed by atoms with E-state index in [1.807, 2.05) is 11.0 Å². The number of thioether (sulfide) groups is 1. The van der Waals surface area contributed by atoms with E-state index in [2.05, 4.69) is 57.0 Å². The molecular weight excluding hydrogens is 458 g/mol. The fourth-order valence-electron chi connectivity index (χ4n) is 4.04. The van der Waals surface area contributed by atoms with Gasteiger partial charge in [-0.2, -0.15) is 5.26 Å². The molecule has 0 amide bonds. The molecule has 0 fully saturated rings. The number of nitrogens with zero attached hydrogens (tertiary/aromatic N) is 4. The van der Waals surface area contributed by atoms with Gasteiger partial charge < -0.3 is 5.73 Å². The van der Waals surface area contributed by atoms with Gasteiger partial charge in [0.1, 0.15) is 5.82 Å². The van der Waals surface area contributed by atoms with Crippen molar-refractivity contribution in [1.29, 1.82) is 5.26 Å². The van der Waals surface area contributed by atoms with Gasteiger partial charge in [0.25, 0.3) is 0 Å². The first-order valence-electron chi connectivity index (χ1n) is 10.7. The van der Waals surface area contributed by atoms with Crippen LogP contribution in [0.25, 0.3) is 0 Å². The van der Waals surface area contributed by atoms with Gasteiger partial charge in [0.2, 0.25) is 5.13 Å². The maximum atomic E-state index is 13.2. The van der Waals surface area contributed by atoms with Gasteiger partial charge in [-0.1, -0.05) is 57.7 Å². The van der Waals surface area contributed by atoms with E-state index in [0.29, 0.717) is 33.8 Å². The van der Waals surface area contributed by atoms with E-state index in [9.17, 15) is 10.1 Å². The lowest BCUT2D eigenvalue weighted by atomic mass is 9.78. The minimum absolute atomic E-state index is 0.00346. The molecule has 0 unspecified atom stereocenters. The van der Waals surface area contributed by atoms with Crippen molar-refractivity contribution in [3.63, 3.8) is 0 Å². The molecule has 0 radical (unpaired) electrons. The highest BCUT2D eigenvalue weighted by Gasteiger charge is 2.42. The number of carbonyl (C=O) groups is 1. The third-order valence-electron chi connectivity index (χ3n) is 5.49. The minimum Gasteiger partial charge on any atom is -0.384 e. The first kappa shape index (κ1) is 23.0. The van der Waals surface area contributed by atoms with Crippen molar-refractivity contribution < 1.29 is 4.79 Å². The normalized spacial score (nSPS) is 19.6. The maximum absolute atomic E-state index is 13.2. The average Bonchev–Trinajstić information content (AvgIpc) is 3.36. The van der Waals surface area contributed by atoms with Crippen molar-refractivity contribution >= 4 is 45.4 Å². The Balaban J connectivity index is 1.86. The fraction of sp³-hybridized carbons (Fsp3) is 0.478. The van der Waals surface area contributed by atoms with Gasteiger partial charge in [-0.05, 0) is 30.4 Å². The number of nitrogens with two attached hydrogens (primary N) is 1. The summed E-state index contributed by atoms with van der Waals surface area (Å²) in [5.41, 5.74) is 8.59. The molecule has 32 heavy (non-hydrogen) atoms. The van der Waals surface area contributed by atoms with Crippen molar-refractivity contribution in [2.45, 2.75) is 74.8 Å². The zero-order valence-corrected chi connectivity index (χ0v) is 21.4. The van der Waals surface area contributed by atoms with Crippen molar-refractivity contribution in [2.75, 3.05) is 4.90 Å². The second kappa shape index (κ2) is 8.65. The molecule has 2 aromatic heterocycles. The van der Waals surface area contributed by atoms with Gasteiger partial charge in [0, 0.05) is 32.7 Å². The van der Waals surface area contributed by atoms with E-state index < -0.39 is 5.92 Å². The molecule has 1 aliphatic carbocycles. The summed E-state index contributed by atoms with van der Waals surface area (Å²) in [5.74, 6) is 0.0278. The Kier molecular flexibility index (Phi) is 6.23. The van der Waals surface area contributed by atoms with Gasteiger partial charge in [-0.15, -0.1) is 21.5 Å². The SMILES string of the molecule is CC(C)Sc1nnc(N2C(N)=C(C#N)[C@H](c3ccc(C(C)(C)C)s3)C3=C2CCCC3=O)s1. The van der Waals surface area contributed by atoms with Crippen molar-refractivity contribution in [2.24, 2.45) is 5.73 Å². The first-order chi connectivity index (χ1) is 15.1. The Morgan fingerprint density at radius 2 is 2.00 bits per heavy atom. The molecule has 0 aromatic carbocycles. The van der Waals surface area contributed by atoms with E-state index >= 15 is 0 Å². The van der Waals surface area contributed by atoms with E-state index in [4.69, 9.17) is 5.73 Å². The highest BCUT2D eigenvalue weighted by Crippen LogP contribution is 2.49. The summed E-state index contributed by atoms with van der Waals surface area (Å²) in [6.45, 7) is 10.7. The van der Waals surface area contributed by atoms with Gasteiger partial charge in [0.05, 0.1) is 17.6 Å². The quantitative estimate of drug-likeness (QED) is 0.555. The van der Waals surface area contributed by atoms with Crippen LogP contribution in [0.3, 0.4) is 0 Å². The molecule has 2 N–H and O–H groups in total. The van der Waals surface area contributed by atoms with E-state index in [0.717, 1.165) is 27.8 Å². The number of Topliss-reactive ketones (excluding diaryl/α,β-unsaturated/α-hetero) is 1. The van der Waals surface area contributed by atoms with Gasteiger partial charge in [-0.3, -0.25) is 9.69 Å². The molecule has 0 saturated carbocycles. The summed E-state index contributed by atoms with van der Waals surface area (Å²) in [6.07, 6.45) is 1.98. The summed E-state index contributed by atoms with van der Waals surface area (Å²) < 4.78 is 0.848. The Bertz CT molecular complexity index is 1160. The van der Waals surface area contributed by atoms with Crippen LogP contribution in [0.1, 0.15) is 69.6 Å². The number of rotatable bonds is 4. The Morgan fingerprint density at radius 3 is 2.62 bits per heavy atom. The molecule has 2 aliphatic rings. The molecule has 6 nitrogen and oxygen atoms in total. The number of hydrogen-bond donors (Lipinski definition) is 1. The summed E-state index contributed by atoms with van der Waals surface area (Å²) in [7, 11) is 0. The molecule has 1 atom stereocenters. The Labute approximate surface area is 201 Å². The number of ketones is 1. The highest BCUT2D eigenvalue weighted by atomic mass is 32.2. The van der Waals surface area contributed by atoms with E-state index in [-0.39, 0.29) is 11.2 Å². The first-order valence-corrected chi connectivity index (χ1v) is 13.2. The molecule has 1 aliphatic heterocycles. The predicted molar refractivity (Wildman–Crippen MR) is 132 cm³/mol.